The maximum Gasteiger partial charge on any atom is 0.272 e. The van der Waals surface area contributed by atoms with Crippen LogP contribution in [0.3, 0.4) is 0 Å². The van der Waals surface area contributed by atoms with Gasteiger partial charge in [-0.25, -0.2) is 5.48 Å². The molecule has 26 heavy (non-hydrogen) atoms. The van der Waals surface area contributed by atoms with Crippen molar-refractivity contribution >= 4 is 17.7 Å². The van der Waals surface area contributed by atoms with Crippen LogP contribution < -0.4 is 10.8 Å². The highest BCUT2D eigenvalue weighted by Crippen LogP contribution is 2.24. The number of hydroxylamine groups is 1. The highest BCUT2D eigenvalue weighted by atomic mass is 16.5. The zero-order chi connectivity index (χ0) is 19.7. The SMILES string of the molecule is CCCC[C@@H](C(=O)N1CCC[C@H]1C(=O)NCCC(C)C)[C@H](O)C(=O)NO. The molecule has 0 unspecified atom stereocenters. The van der Waals surface area contributed by atoms with Crippen molar-refractivity contribution in [2.24, 2.45) is 11.8 Å². The number of amides is 3. The number of unbranched alkanes of at least 4 members (excludes halogenated alkanes) is 1. The zero-order valence-electron chi connectivity index (χ0n) is 16.0. The van der Waals surface area contributed by atoms with Crippen molar-refractivity contribution in [1.82, 2.24) is 15.7 Å². The van der Waals surface area contributed by atoms with E-state index in [9.17, 15) is 19.5 Å². The number of hydrogen-bond donors (Lipinski definition) is 4. The lowest BCUT2D eigenvalue weighted by molar-refractivity contribution is -0.152. The van der Waals surface area contributed by atoms with E-state index in [0.717, 1.165) is 12.8 Å². The Morgan fingerprint density at radius 1 is 1.23 bits per heavy atom. The molecule has 1 fully saturated rings. The first-order valence-electron chi connectivity index (χ1n) is 9.53. The van der Waals surface area contributed by atoms with E-state index in [4.69, 9.17) is 5.21 Å². The van der Waals surface area contributed by atoms with Crippen LogP contribution >= 0.6 is 0 Å². The molecular formula is C18H33N3O5. The molecule has 1 saturated heterocycles. The molecule has 0 aromatic heterocycles. The smallest absolute Gasteiger partial charge is 0.272 e. The number of nitrogens with one attached hydrogen (secondary N) is 2. The number of rotatable bonds is 10. The Morgan fingerprint density at radius 3 is 2.50 bits per heavy atom. The van der Waals surface area contributed by atoms with Gasteiger partial charge in [0.05, 0.1) is 5.92 Å². The first kappa shape index (κ1) is 22.4. The van der Waals surface area contributed by atoms with Gasteiger partial charge in [0.2, 0.25) is 11.8 Å². The lowest BCUT2D eigenvalue weighted by atomic mass is 9.93. The Kier molecular flexibility index (Phi) is 9.58. The highest BCUT2D eigenvalue weighted by Gasteiger charge is 2.40. The van der Waals surface area contributed by atoms with Crippen molar-refractivity contribution in [3.63, 3.8) is 0 Å². The van der Waals surface area contributed by atoms with Crippen LogP contribution in [-0.4, -0.2) is 58.2 Å². The van der Waals surface area contributed by atoms with Crippen LogP contribution in [0.5, 0.6) is 0 Å². The fourth-order valence-corrected chi connectivity index (χ4v) is 3.21. The van der Waals surface area contributed by atoms with E-state index >= 15 is 0 Å². The summed E-state index contributed by atoms with van der Waals surface area (Å²) in [6.45, 7) is 7.08. The van der Waals surface area contributed by atoms with E-state index in [1.54, 1.807) is 0 Å². The van der Waals surface area contributed by atoms with Gasteiger partial charge in [0.25, 0.3) is 5.91 Å². The summed E-state index contributed by atoms with van der Waals surface area (Å²) >= 11 is 0. The van der Waals surface area contributed by atoms with Crippen molar-refractivity contribution in [3.8, 4) is 0 Å². The maximum absolute atomic E-state index is 12.9. The summed E-state index contributed by atoms with van der Waals surface area (Å²) in [5, 5.41) is 21.8. The second-order valence-corrected chi connectivity index (χ2v) is 7.33. The van der Waals surface area contributed by atoms with Crippen molar-refractivity contribution in [3.05, 3.63) is 0 Å². The predicted molar refractivity (Wildman–Crippen MR) is 96.2 cm³/mol. The highest BCUT2D eigenvalue weighted by molar-refractivity contribution is 5.92. The minimum absolute atomic E-state index is 0.188. The summed E-state index contributed by atoms with van der Waals surface area (Å²) in [6, 6.07) is -0.567. The third-order valence-corrected chi connectivity index (χ3v) is 4.81. The average Bonchev–Trinajstić information content (AvgIpc) is 3.10. The van der Waals surface area contributed by atoms with Crippen LogP contribution in [-0.2, 0) is 14.4 Å². The first-order valence-corrected chi connectivity index (χ1v) is 9.53. The van der Waals surface area contributed by atoms with Crippen LogP contribution in [0.2, 0.25) is 0 Å². The van der Waals surface area contributed by atoms with Crippen LogP contribution in [0.15, 0.2) is 0 Å². The Morgan fingerprint density at radius 2 is 1.92 bits per heavy atom. The fourth-order valence-electron chi connectivity index (χ4n) is 3.21. The number of likely N-dealkylation sites (tertiary alicyclic amines) is 1. The maximum atomic E-state index is 12.9. The topological polar surface area (TPSA) is 119 Å². The molecule has 0 bridgehead atoms. The van der Waals surface area contributed by atoms with Crippen LogP contribution in [0.1, 0.15) is 59.3 Å². The quantitative estimate of drug-likeness (QED) is 0.335. The van der Waals surface area contributed by atoms with Crippen LogP contribution in [0, 0.1) is 11.8 Å². The molecule has 1 aliphatic heterocycles. The van der Waals surface area contributed by atoms with E-state index in [2.05, 4.69) is 19.2 Å². The summed E-state index contributed by atoms with van der Waals surface area (Å²) in [5.74, 6) is -2.09. The fraction of sp³-hybridized carbons (Fsp3) is 0.833. The molecule has 150 valence electrons. The van der Waals surface area contributed by atoms with Crippen LogP contribution in [0.25, 0.3) is 0 Å². The second kappa shape index (κ2) is 11.1. The van der Waals surface area contributed by atoms with Gasteiger partial charge in [-0.2, -0.15) is 0 Å². The number of nitrogens with zero attached hydrogens (tertiary/aromatic N) is 1. The van der Waals surface area contributed by atoms with Gasteiger partial charge in [0.1, 0.15) is 12.1 Å². The largest absolute Gasteiger partial charge is 0.382 e. The standard InChI is InChI=1S/C18H33N3O5/c1-4-5-7-13(15(22)17(24)20-26)18(25)21-11-6-8-14(21)16(23)19-10-9-12(2)3/h12-15,22,26H,4-11H2,1-3H3,(H,19,23)(H,20,24)/t13-,14+,15+/m1/s1. The normalized spacial score (nSPS) is 19.3. The number of aliphatic hydroxyl groups is 1. The molecule has 0 saturated carbocycles. The van der Waals surface area contributed by atoms with E-state index in [-0.39, 0.29) is 5.91 Å². The lowest BCUT2D eigenvalue weighted by Gasteiger charge is -2.30. The molecule has 8 nitrogen and oxygen atoms in total. The average molecular weight is 371 g/mol. The summed E-state index contributed by atoms with van der Waals surface area (Å²) in [5.41, 5.74) is 1.40. The number of carbonyl (C=O) groups is 3. The van der Waals surface area contributed by atoms with Gasteiger partial charge >= 0.3 is 0 Å². The number of carbonyl (C=O) groups excluding carboxylic acids is 3. The van der Waals surface area contributed by atoms with Crippen molar-refractivity contribution < 1.29 is 24.7 Å². The molecule has 1 heterocycles. The van der Waals surface area contributed by atoms with Gasteiger partial charge in [-0.1, -0.05) is 33.6 Å². The van der Waals surface area contributed by atoms with E-state index < -0.39 is 29.9 Å². The lowest BCUT2D eigenvalue weighted by Crippen LogP contribution is -2.51. The Bertz CT molecular complexity index is 483. The number of aliphatic hydroxyl groups excluding tert-OH is 1. The summed E-state index contributed by atoms with van der Waals surface area (Å²) in [4.78, 5) is 38.5. The van der Waals surface area contributed by atoms with Gasteiger partial charge < -0.3 is 15.3 Å². The molecular weight excluding hydrogens is 338 g/mol. The molecule has 8 heteroatoms. The minimum Gasteiger partial charge on any atom is -0.382 e. The molecule has 1 aliphatic rings. The molecule has 0 aromatic rings. The predicted octanol–water partition coefficient (Wildman–Crippen LogP) is 0.812. The van der Waals surface area contributed by atoms with Gasteiger partial charge in [-0.15, -0.1) is 0 Å². The van der Waals surface area contributed by atoms with E-state index in [1.807, 2.05) is 6.92 Å². The van der Waals surface area contributed by atoms with Gasteiger partial charge in [0.15, 0.2) is 0 Å². The molecule has 3 atom stereocenters. The van der Waals surface area contributed by atoms with Crippen molar-refractivity contribution in [1.29, 1.82) is 0 Å². The Balaban J connectivity index is 2.80. The summed E-state index contributed by atoms with van der Waals surface area (Å²) in [6.07, 6.45) is 2.29. The molecule has 3 amide bonds. The van der Waals surface area contributed by atoms with Gasteiger partial charge in [0, 0.05) is 13.1 Å². The molecule has 4 N–H and O–H groups in total. The Labute approximate surface area is 155 Å². The zero-order valence-corrected chi connectivity index (χ0v) is 16.0. The molecule has 0 aromatic carbocycles. The summed E-state index contributed by atoms with van der Waals surface area (Å²) < 4.78 is 0. The van der Waals surface area contributed by atoms with Crippen molar-refractivity contribution in [2.45, 2.75) is 71.4 Å². The second-order valence-electron chi connectivity index (χ2n) is 7.33. The van der Waals surface area contributed by atoms with Gasteiger partial charge in [-0.05, 0) is 31.6 Å². The minimum atomic E-state index is -1.63. The summed E-state index contributed by atoms with van der Waals surface area (Å²) in [7, 11) is 0. The monoisotopic (exact) mass is 371 g/mol. The third-order valence-electron chi connectivity index (χ3n) is 4.81. The third kappa shape index (κ3) is 6.25. The van der Waals surface area contributed by atoms with E-state index in [1.165, 1.54) is 10.4 Å². The van der Waals surface area contributed by atoms with Gasteiger partial charge in [-0.3, -0.25) is 19.6 Å². The number of hydrogen-bond acceptors (Lipinski definition) is 5. The molecule has 0 spiro atoms. The Hall–Kier alpha value is -1.67. The van der Waals surface area contributed by atoms with Crippen molar-refractivity contribution in [2.75, 3.05) is 13.1 Å². The van der Waals surface area contributed by atoms with Crippen LogP contribution in [0.4, 0.5) is 0 Å². The first-order chi connectivity index (χ1) is 12.3. The molecule has 1 rings (SSSR count). The molecule has 0 aliphatic carbocycles. The van der Waals surface area contributed by atoms with E-state index in [0.29, 0.717) is 44.7 Å². The molecule has 0 radical (unpaired) electrons.